The van der Waals surface area contributed by atoms with Crippen molar-refractivity contribution in [1.29, 1.82) is 0 Å². The van der Waals surface area contributed by atoms with E-state index in [4.69, 9.17) is 9.97 Å². The first-order valence-corrected chi connectivity index (χ1v) is 15.5. The highest BCUT2D eigenvalue weighted by Gasteiger charge is 2.17. The fourth-order valence-electron chi connectivity index (χ4n) is 6.74. The van der Waals surface area contributed by atoms with E-state index in [0.717, 1.165) is 39.2 Å². The van der Waals surface area contributed by atoms with Crippen molar-refractivity contribution < 1.29 is 0 Å². The van der Waals surface area contributed by atoms with E-state index in [1.54, 1.807) is 0 Å². The minimum atomic E-state index is 0.697. The van der Waals surface area contributed by atoms with Gasteiger partial charge in [0.05, 0.1) is 11.4 Å². The summed E-state index contributed by atoms with van der Waals surface area (Å²) in [4.78, 5) is 14.7. The molecule has 0 aliphatic heterocycles. The summed E-state index contributed by atoms with van der Waals surface area (Å²) in [6, 6.07) is 53.7. The average molecular weight is 586 g/mol. The minimum Gasteiger partial charge on any atom is -0.265 e. The fraction of sp³-hybridized carbons (Fsp3) is 0. The lowest BCUT2D eigenvalue weighted by Crippen LogP contribution is -1.97. The van der Waals surface area contributed by atoms with E-state index in [0.29, 0.717) is 5.82 Å². The van der Waals surface area contributed by atoms with E-state index in [1.165, 1.54) is 43.1 Å². The Bertz CT molecular complexity index is 2430. The lowest BCUT2D eigenvalue weighted by Gasteiger charge is -2.15. The Morgan fingerprint density at radius 2 is 0.739 bits per heavy atom. The van der Waals surface area contributed by atoms with Gasteiger partial charge in [-0.05, 0) is 84.5 Å². The molecule has 0 aliphatic carbocycles. The Kier molecular flexibility index (Phi) is 6.14. The molecule has 0 saturated heterocycles. The number of hydrogen-bond acceptors (Lipinski definition) is 3. The van der Waals surface area contributed by atoms with Crippen molar-refractivity contribution in [2.45, 2.75) is 0 Å². The van der Waals surface area contributed by atoms with Gasteiger partial charge in [-0.15, -0.1) is 0 Å². The smallest absolute Gasteiger partial charge is 0.160 e. The summed E-state index contributed by atoms with van der Waals surface area (Å²) in [5.74, 6) is 0.697. The third-order valence-corrected chi connectivity index (χ3v) is 8.97. The summed E-state index contributed by atoms with van der Waals surface area (Å²) in [6.07, 6.45) is 3.65. The Labute approximate surface area is 266 Å². The highest BCUT2D eigenvalue weighted by molar-refractivity contribution is 6.15. The van der Waals surface area contributed by atoms with Crippen molar-refractivity contribution in [1.82, 2.24) is 15.0 Å². The number of pyridine rings is 1. The number of aromatic nitrogens is 3. The second kappa shape index (κ2) is 10.8. The van der Waals surface area contributed by atoms with Gasteiger partial charge in [-0.3, -0.25) is 4.98 Å². The molecule has 2 heterocycles. The maximum atomic E-state index is 5.28. The van der Waals surface area contributed by atoms with Gasteiger partial charge in [0.25, 0.3) is 0 Å². The third-order valence-electron chi connectivity index (χ3n) is 8.97. The van der Waals surface area contributed by atoms with Crippen molar-refractivity contribution in [2.75, 3.05) is 0 Å². The number of hydrogen-bond donors (Lipinski definition) is 0. The molecule has 0 bridgehead atoms. The Morgan fingerprint density at radius 3 is 1.26 bits per heavy atom. The van der Waals surface area contributed by atoms with Gasteiger partial charge in [-0.25, -0.2) is 9.97 Å². The van der Waals surface area contributed by atoms with Crippen molar-refractivity contribution >= 4 is 43.1 Å². The Hall–Kier alpha value is -6.19. The first-order valence-electron chi connectivity index (χ1n) is 15.5. The molecule has 3 nitrogen and oxygen atoms in total. The van der Waals surface area contributed by atoms with Gasteiger partial charge in [0, 0.05) is 29.1 Å². The highest BCUT2D eigenvalue weighted by Crippen LogP contribution is 2.39. The van der Waals surface area contributed by atoms with Crippen LogP contribution in [0.15, 0.2) is 164 Å². The number of rotatable bonds is 4. The minimum absolute atomic E-state index is 0.697. The second-order valence-corrected chi connectivity index (χ2v) is 11.7. The molecule has 9 rings (SSSR count). The van der Waals surface area contributed by atoms with Gasteiger partial charge < -0.3 is 0 Å². The van der Waals surface area contributed by atoms with Crippen LogP contribution >= 0.6 is 0 Å². The lowest BCUT2D eigenvalue weighted by molar-refractivity contribution is 1.19. The zero-order chi connectivity index (χ0) is 30.5. The highest BCUT2D eigenvalue weighted by atomic mass is 14.9. The van der Waals surface area contributed by atoms with Crippen molar-refractivity contribution in [3.63, 3.8) is 0 Å². The summed E-state index contributed by atoms with van der Waals surface area (Å²) in [7, 11) is 0. The van der Waals surface area contributed by atoms with Crippen LogP contribution < -0.4 is 0 Å². The van der Waals surface area contributed by atoms with Crippen LogP contribution in [-0.2, 0) is 0 Å². The number of nitrogens with zero attached hydrogens (tertiary/aromatic N) is 3. The van der Waals surface area contributed by atoms with Crippen LogP contribution in [0.4, 0.5) is 0 Å². The van der Waals surface area contributed by atoms with E-state index in [2.05, 4.69) is 145 Å². The average Bonchev–Trinajstić information content (AvgIpc) is 3.14. The van der Waals surface area contributed by atoms with Crippen LogP contribution in [0.2, 0.25) is 0 Å². The topological polar surface area (TPSA) is 38.7 Å². The van der Waals surface area contributed by atoms with E-state index < -0.39 is 0 Å². The zero-order valence-electron chi connectivity index (χ0n) is 24.9. The van der Waals surface area contributed by atoms with E-state index in [9.17, 15) is 0 Å². The molecule has 7 aromatic carbocycles. The molecule has 9 aromatic rings. The molecule has 0 saturated carbocycles. The summed E-state index contributed by atoms with van der Waals surface area (Å²) in [6.45, 7) is 0. The monoisotopic (exact) mass is 585 g/mol. The molecule has 0 unspecified atom stereocenters. The normalized spacial score (nSPS) is 11.5. The third kappa shape index (κ3) is 4.41. The van der Waals surface area contributed by atoms with Crippen LogP contribution in [-0.4, -0.2) is 15.0 Å². The van der Waals surface area contributed by atoms with E-state index in [1.807, 2.05) is 24.5 Å². The maximum Gasteiger partial charge on any atom is 0.160 e. The predicted octanol–water partition coefficient (Wildman–Crippen LogP) is 11.2. The SMILES string of the molecule is c1ccc2c(c1)cc(-c1cc(-c3cc4ccccc4c4ccccc34)nc(-c3ccc(-c4ccncc4)cc3)n1)c1ccccc12. The molecule has 0 aliphatic rings. The molecule has 0 fully saturated rings. The molecular formula is C43H27N3. The van der Waals surface area contributed by atoms with E-state index >= 15 is 0 Å². The van der Waals surface area contributed by atoms with Crippen LogP contribution in [0.25, 0.3) is 88.1 Å². The second-order valence-electron chi connectivity index (χ2n) is 11.7. The van der Waals surface area contributed by atoms with Crippen LogP contribution in [0.5, 0.6) is 0 Å². The summed E-state index contributed by atoms with van der Waals surface area (Å²) >= 11 is 0. The number of benzene rings is 7. The van der Waals surface area contributed by atoms with E-state index in [-0.39, 0.29) is 0 Å². The van der Waals surface area contributed by atoms with Gasteiger partial charge in [0.15, 0.2) is 5.82 Å². The van der Waals surface area contributed by atoms with Crippen LogP contribution in [0.3, 0.4) is 0 Å². The predicted molar refractivity (Wildman–Crippen MR) is 192 cm³/mol. The lowest BCUT2D eigenvalue weighted by atomic mass is 9.93. The summed E-state index contributed by atoms with van der Waals surface area (Å²) in [5.41, 5.74) is 7.21. The molecular weight excluding hydrogens is 558 g/mol. The Morgan fingerprint density at radius 1 is 0.326 bits per heavy atom. The van der Waals surface area contributed by atoms with Gasteiger partial charge in [-0.2, -0.15) is 0 Å². The molecule has 46 heavy (non-hydrogen) atoms. The quantitative estimate of drug-likeness (QED) is 0.193. The number of fused-ring (bicyclic) bond motifs is 6. The molecule has 0 amide bonds. The van der Waals surface area contributed by atoms with Crippen molar-refractivity contribution in [3.05, 3.63) is 164 Å². The molecule has 0 spiro atoms. The Balaban J connectivity index is 1.32. The first-order chi connectivity index (χ1) is 22.8. The van der Waals surface area contributed by atoms with Gasteiger partial charge in [0.2, 0.25) is 0 Å². The molecule has 0 atom stereocenters. The van der Waals surface area contributed by atoms with Gasteiger partial charge in [-0.1, -0.05) is 121 Å². The zero-order valence-corrected chi connectivity index (χ0v) is 24.9. The van der Waals surface area contributed by atoms with Gasteiger partial charge in [0.1, 0.15) is 0 Å². The van der Waals surface area contributed by atoms with Crippen LogP contribution in [0.1, 0.15) is 0 Å². The maximum absolute atomic E-state index is 5.28. The summed E-state index contributed by atoms with van der Waals surface area (Å²) in [5, 5.41) is 9.64. The molecule has 2 aromatic heterocycles. The van der Waals surface area contributed by atoms with Crippen molar-refractivity contribution in [3.8, 4) is 45.0 Å². The fourth-order valence-corrected chi connectivity index (χ4v) is 6.74. The molecule has 0 N–H and O–H groups in total. The molecule has 0 radical (unpaired) electrons. The molecule has 3 heteroatoms. The van der Waals surface area contributed by atoms with Crippen LogP contribution in [0, 0.1) is 0 Å². The van der Waals surface area contributed by atoms with Gasteiger partial charge >= 0.3 is 0 Å². The van der Waals surface area contributed by atoms with Crippen molar-refractivity contribution in [2.24, 2.45) is 0 Å². The molecule has 214 valence electrons. The largest absolute Gasteiger partial charge is 0.265 e. The standard InChI is InChI=1S/C43H27N3/c1-3-11-33-31(9-1)25-39(37-15-7-5-13-35(33)37)41-27-42(40-26-32-10-2-4-12-34(32)36-14-6-8-16-38(36)40)46-43(45-41)30-19-17-28(18-20-30)29-21-23-44-24-22-29/h1-27H. The summed E-state index contributed by atoms with van der Waals surface area (Å²) < 4.78 is 0. The first kappa shape index (κ1) is 26.2.